The monoisotopic (exact) mass is 256 g/mol. The summed E-state index contributed by atoms with van der Waals surface area (Å²) < 4.78 is 19.0. The van der Waals surface area contributed by atoms with Crippen LogP contribution in [-0.2, 0) is 0 Å². The first kappa shape index (κ1) is 11.9. The van der Waals surface area contributed by atoms with Crippen molar-refractivity contribution in [3.8, 4) is 0 Å². The minimum Gasteiger partial charge on any atom is -0.469 e. The number of hydrogen-bond donors (Lipinski definition) is 1. The van der Waals surface area contributed by atoms with Crippen molar-refractivity contribution in [1.82, 2.24) is 0 Å². The SMILES string of the molecule is Cc1occc1C(O)c1ccc(F)c2ccccc12. The topological polar surface area (TPSA) is 33.4 Å². The van der Waals surface area contributed by atoms with Crippen molar-refractivity contribution < 1.29 is 13.9 Å². The molecule has 0 amide bonds. The number of aliphatic hydroxyl groups is 1. The molecular weight excluding hydrogens is 243 g/mol. The van der Waals surface area contributed by atoms with Crippen LogP contribution in [0.3, 0.4) is 0 Å². The predicted molar refractivity (Wildman–Crippen MR) is 71.4 cm³/mol. The average Bonchev–Trinajstić information content (AvgIpc) is 2.85. The van der Waals surface area contributed by atoms with E-state index >= 15 is 0 Å². The summed E-state index contributed by atoms with van der Waals surface area (Å²) in [6, 6.07) is 11.9. The van der Waals surface area contributed by atoms with E-state index < -0.39 is 6.10 Å². The highest BCUT2D eigenvalue weighted by molar-refractivity contribution is 5.87. The number of fused-ring (bicyclic) bond motifs is 1. The van der Waals surface area contributed by atoms with E-state index in [2.05, 4.69) is 0 Å². The molecule has 0 fully saturated rings. The Morgan fingerprint density at radius 1 is 1.00 bits per heavy atom. The van der Waals surface area contributed by atoms with Crippen molar-refractivity contribution in [3.05, 3.63) is 71.4 Å². The van der Waals surface area contributed by atoms with Gasteiger partial charge >= 0.3 is 0 Å². The average molecular weight is 256 g/mol. The number of hydrogen-bond acceptors (Lipinski definition) is 2. The first-order valence-corrected chi connectivity index (χ1v) is 6.07. The molecule has 0 radical (unpaired) electrons. The highest BCUT2D eigenvalue weighted by Crippen LogP contribution is 2.31. The van der Waals surface area contributed by atoms with Crippen molar-refractivity contribution in [1.29, 1.82) is 0 Å². The first-order chi connectivity index (χ1) is 9.18. The zero-order valence-electron chi connectivity index (χ0n) is 10.4. The summed E-state index contributed by atoms with van der Waals surface area (Å²) in [5.41, 5.74) is 1.39. The summed E-state index contributed by atoms with van der Waals surface area (Å²) in [5.74, 6) is 0.386. The molecule has 0 saturated heterocycles. The Balaban J connectivity index is 2.21. The molecule has 1 atom stereocenters. The highest BCUT2D eigenvalue weighted by atomic mass is 19.1. The predicted octanol–water partition coefficient (Wildman–Crippen LogP) is 3.96. The van der Waals surface area contributed by atoms with E-state index in [4.69, 9.17) is 4.42 Å². The van der Waals surface area contributed by atoms with Gasteiger partial charge in [0.2, 0.25) is 0 Å². The second-order valence-electron chi connectivity index (χ2n) is 4.52. The molecular formula is C16H13FO2. The van der Waals surface area contributed by atoms with E-state index in [-0.39, 0.29) is 5.82 Å². The highest BCUT2D eigenvalue weighted by Gasteiger charge is 2.18. The van der Waals surface area contributed by atoms with E-state index in [9.17, 15) is 9.50 Å². The minimum atomic E-state index is -0.816. The van der Waals surface area contributed by atoms with Crippen molar-refractivity contribution in [2.45, 2.75) is 13.0 Å². The van der Waals surface area contributed by atoms with Crippen LogP contribution in [0.2, 0.25) is 0 Å². The van der Waals surface area contributed by atoms with Crippen LogP contribution in [0.15, 0.2) is 53.1 Å². The normalized spacial score (nSPS) is 12.8. The summed E-state index contributed by atoms with van der Waals surface area (Å²) in [7, 11) is 0. The van der Waals surface area contributed by atoms with Gasteiger partial charge in [-0.2, -0.15) is 0 Å². The number of rotatable bonds is 2. The summed E-state index contributed by atoms with van der Waals surface area (Å²) in [6.07, 6.45) is 0.726. The molecule has 0 saturated carbocycles. The van der Waals surface area contributed by atoms with Crippen LogP contribution in [0.5, 0.6) is 0 Å². The van der Waals surface area contributed by atoms with Gasteiger partial charge in [0.15, 0.2) is 0 Å². The molecule has 0 bridgehead atoms. The first-order valence-electron chi connectivity index (χ1n) is 6.07. The van der Waals surface area contributed by atoms with Gasteiger partial charge in [-0.1, -0.05) is 30.3 Å². The summed E-state index contributed by atoms with van der Waals surface area (Å²) in [5, 5.41) is 11.7. The Morgan fingerprint density at radius 3 is 2.42 bits per heavy atom. The second kappa shape index (κ2) is 4.52. The van der Waals surface area contributed by atoms with Crippen LogP contribution in [0.4, 0.5) is 4.39 Å². The van der Waals surface area contributed by atoms with E-state index in [1.54, 1.807) is 37.5 Å². The molecule has 0 aliphatic rings. The van der Waals surface area contributed by atoms with Crippen LogP contribution >= 0.6 is 0 Å². The zero-order valence-corrected chi connectivity index (χ0v) is 10.4. The molecule has 2 aromatic carbocycles. The van der Waals surface area contributed by atoms with Gasteiger partial charge in [0, 0.05) is 10.9 Å². The fraction of sp³-hybridized carbons (Fsp3) is 0.125. The zero-order chi connectivity index (χ0) is 13.4. The van der Waals surface area contributed by atoms with Crippen LogP contribution in [0.25, 0.3) is 10.8 Å². The maximum atomic E-state index is 13.8. The van der Waals surface area contributed by atoms with Crippen LogP contribution < -0.4 is 0 Å². The number of halogens is 1. The molecule has 0 spiro atoms. The van der Waals surface area contributed by atoms with E-state index in [0.717, 1.165) is 5.39 Å². The van der Waals surface area contributed by atoms with Crippen LogP contribution in [-0.4, -0.2) is 5.11 Å². The Labute approximate surface area is 110 Å². The van der Waals surface area contributed by atoms with Crippen LogP contribution in [0, 0.1) is 12.7 Å². The van der Waals surface area contributed by atoms with Gasteiger partial charge in [0.05, 0.1) is 6.26 Å². The van der Waals surface area contributed by atoms with Gasteiger partial charge in [-0.25, -0.2) is 4.39 Å². The van der Waals surface area contributed by atoms with E-state index in [0.29, 0.717) is 22.3 Å². The Hall–Kier alpha value is -2.13. The smallest absolute Gasteiger partial charge is 0.131 e. The fourth-order valence-electron chi connectivity index (χ4n) is 2.37. The third-order valence-corrected chi connectivity index (χ3v) is 3.39. The molecule has 1 unspecified atom stereocenters. The lowest BCUT2D eigenvalue weighted by molar-refractivity contribution is 0.219. The lowest BCUT2D eigenvalue weighted by Crippen LogP contribution is -2.01. The molecule has 3 heteroatoms. The number of aliphatic hydroxyl groups excluding tert-OH is 1. The molecule has 19 heavy (non-hydrogen) atoms. The summed E-state index contributed by atoms with van der Waals surface area (Å²) in [4.78, 5) is 0. The maximum absolute atomic E-state index is 13.8. The lowest BCUT2D eigenvalue weighted by Gasteiger charge is -2.13. The molecule has 0 aliphatic heterocycles. The van der Waals surface area contributed by atoms with E-state index in [1.807, 2.05) is 12.1 Å². The van der Waals surface area contributed by atoms with Gasteiger partial charge in [-0.15, -0.1) is 0 Å². The molecule has 2 nitrogen and oxygen atoms in total. The minimum absolute atomic E-state index is 0.282. The summed E-state index contributed by atoms with van der Waals surface area (Å²) in [6.45, 7) is 1.80. The Kier molecular flexibility index (Phi) is 2.84. The second-order valence-corrected chi connectivity index (χ2v) is 4.52. The molecule has 3 aromatic rings. The third-order valence-electron chi connectivity index (χ3n) is 3.39. The van der Waals surface area contributed by atoms with Gasteiger partial charge in [-0.3, -0.25) is 0 Å². The van der Waals surface area contributed by atoms with Crippen molar-refractivity contribution in [2.24, 2.45) is 0 Å². The lowest BCUT2D eigenvalue weighted by atomic mass is 9.96. The largest absolute Gasteiger partial charge is 0.469 e. The number of aryl methyl sites for hydroxylation is 1. The van der Waals surface area contributed by atoms with Gasteiger partial charge in [0.1, 0.15) is 17.7 Å². The molecule has 1 aromatic heterocycles. The Bertz CT molecular complexity index is 730. The standard InChI is InChI=1S/C16H13FO2/c1-10-11(8-9-19-10)16(18)14-6-7-15(17)13-5-3-2-4-12(13)14/h2-9,16,18H,1H3. The van der Waals surface area contributed by atoms with Crippen molar-refractivity contribution in [2.75, 3.05) is 0 Å². The molecule has 96 valence electrons. The van der Waals surface area contributed by atoms with Crippen molar-refractivity contribution >= 4 is 10.8 Å². The molecule has 1 N–H and O–H groups in total. The number of benzene rings is 2. The van der Waals surface area contributed by atoms with Gasteiger partial charge in [0.25, 0.3) is 0 Å². The third kappa shape index (κ3) is 1.92. The number of furan rings is 1. The summed E-state index contributed by atoms with van der Waals surface area (Å²) >= 11 is 0. The molecule has 1 heterocycles. The fourth-order valence-corrected chi connectivity index (χ4v) is 2.37. The van der Waals surface area contributed by atoms with Gasteiger partial charge in [-0.05, 0) is 30.0 Å². The maximum Gasteiger partial charge on any atom is 0.131 e. The molecule has 3 rings (SSSR count). The molecule has 0 aliphatic carbocycles. The van der Waals surface area contributed by atoms with Crippen molar-refractivity contribution in [3.63, 3.8) is 0 Å². The van der Waals surface area contributed by atoms with Gasteiger partial charge < -0.3 is 9.52 Å². The Morgan fingerprint density at radius 2 is 1.74 bits per heavy atom. The quantitative estimate of drug-likeness (QED) is 0.752. The van der Waals surface area contributed by atoms with E-state index in [1.165, 1.54) is 6.07 Å². The van der Waals surface area contributed by atoms with Crippen LogP contribution in [0.1, 0.15) is 23.0 Å².